The number of nitrogens with zero attached hydrogens (tertiary/aromatic N) is 1. The summed E-state index contributed by atoms with van der Waals surface area (Å²) in [6.07, 6.45) is 6.24. The molecule has 1 aromatic rings. The molecule has 3 rings (SSSR count). The molecule has 0 saturated carbocycles. The highest BCUT2D eigenvalue weighted by Crippen LogP contribution is 2.36. The van der Waals surface area contributed by atoms with Gasteiger partial charge in [-0.2, -0.15) is 0 Å². The number of anilines is 2. The van der Waals surface area contributed by atoms with Gasteiger partial charge >= 0.3 is 5.97 Å². The van der Waals surface area contributed by atoms with Crippen LogP contribution in [0, 0.1) is 5.92 Å². The first-order chi connectivity index (χ1) is 11.9. The van der Waals surface area contributed by atoms with Crippen molar-refractivity contribution in [1.82, 2.24) is 0 Å². The summed E-state index contributed by atoms with van der Waals surface area (Å²) in [6, 6.07) is 7.09. The normalized spacial score (nSPS) is 21.3. The first-order valence-electron chi connectivity index (χ1n) is 8.46. The third kappa shape index (κ3) is 3.29. The maximum atomic E-state index is 12.8. The van der Waals surface area contributed by atoms with Gasteiger partial charge in [0.25, 0.3) is 5.91 Å². The predicted octanol–water partition coefficient (Wildman–Crippen LogP) is 2.65. The monoisotopic (exact) mass is 342 g/mol. The SMILES string of the molecule is CC1(C)C(=O)Nc2ccccc2N1C(=O)COC(=O)[C@@H]1CC=CCC1. The van der Waals surface area contributed by atoms with Crippen LogP contribution in [0.2, 0.25) is 0 Å². The molecule has 6 heteroatoms. The average Bonchev–Trinajstić information content (AvgIpc) is 2.61. The summed E-state index contributed by atoms with van der Waals surface area (Å²) in [5.41, 5.74) is 0.114. The first-order valence-corrected chi connectivity index (χ1v) is 8.46. The summed E-state index contributed by atoms with van der Waals surface area (Å²) in [4.78, 5) is 38.7. The molecular weight excluding hydrogens is 320 g/mol. The van der Waals surface area contributed by atoms with Gasteiger partial charge in [0, 0.05) is 0 Å². The minimum Gasteiger partial charge on any atom is -0.455 e. The number of ether oxygens (including phenoxy) is 1. The minimum absolute atomic E-state index is 0.192. The summed E-state index contributed by atoms with van der Waals surface area (Å²) in [5, 5.41) is 2.80. The Kier molecular flexibility index (Phi) is 4.61. The molecule has 6 nitrogen and oxygen atoms in total. The van der Waals surface area contributed by atoms with E-state index in [1.807, 2.05) is 12.2 Å². The zero-order valence-corrected chi connectivity index (χ0v) is 14.5. The van der Waals surface area contributed by atoms with Gasteiger partial charge in [-0.1, -0.05) is 24.3 Å². The topological polar surface area (TPSA) is 75.7 Å². The van der Waals surface area contributed by atoms with Gasteiger partial charge in [-0.25, -0.2) is 0 Å². The molecule has 132 valence electrons. The Bertz CT molecular complexity index is 739. The second-order valence-electron chi connectivity index (χ2n) is 6.85. The Labute approximate surface area is 146 Å². The molecule has 1 heterocycles. The van der Waals surface area contributed by atoms with Crippen molar-refractivity contribution in [3.05, 3.63) is 36.4 Å². The summed E-state index contributed by atoms with van der Waals surface area (Å²) in [5.74, 6) is -1.23. The van der Waals surface area contributed by atoms with Crippen LogP contribution in [0.25, 0.3) is 0 Å². The molecular formula is C19H22N2O4. The number of fused-ring (bicyclic) bond motifs is 1. The number of carbonyl (C=O) groups excluding carboxylic acids is 3. The van der Waals surface area contributed by atoms with Gasteiger partial charge in [-0.05, 0) is 45.2 Å². The molecule has 0 fully saturated rings. The minimum atomic E-state index is -1.06. The molecule has 1 aromatic carbocycles. The van der Waals surface area contributed by atoms with Crippen molar-refractivity contribution in [3.63, 3.8) is 0 Å². The summed E-state index contributed by atoms with van der Waals surface area (Å²) in [6.45, 7) is 2.97. The van der Waals surface area contributed by atoms with Gasteiger partial charge < -0.3 is 10.1 Å². The van der Waals surface area contributed by atoms with Gasteiger partial charge in [0.15, 0.2) is 6.61 Å². The van der Waals surface area contributed by atoms with Crippen LogP contribution in [0.5, 0.6) is 0 Å². The molecule has 2 amide bonds. The number of carbonyl (C=O) groups is 3. The third-order valence-electron chi connectivity index (χ3n) is 4.70. The van der Waals surface area contributed by atoms with Crippen molar-refractivity contribution in [2.75, 3.05) is 16.8 Å². The Balaban J connectivity index is 1.75. The number of para-hydroxylation sites is 2. The van der Waals surface area contributed by atoms with Crippen LogP contribution in [0.3, 0.4) is 0 Å². The number of hydrogen-bond donors (Lipinski definition) is 1. The van der Waals surface area contributed by atoms with Crippen LogP contribution < -0.4 is 10.2 Å². The molecule has 2 aliphatic rings. The maximum absolute atomic E-state index is 12.8. The quantitative estimate of drug-likeness (QED) is 0.677. The zero-order valence-electron chi connectivity index (χ0n) is 14.5. The molecule has 0 spiro atoms. The van der Waals surface area contributed by atoms with Gasteiger partial charge in [-0.3, -0.25) is 19.3 Å². The number of hydrogen-bond acceptors (Lipinski definition) is 4. The van der Waals surface area contributed by atoms with E-state index in [1.54, 1.807) is 38.1 Å². The van der Waals surface area contributed by atoms with Gasteiger partial charge in [-0.15, -0.1) is 0 Å². The van der Waals surface area contributed by atoms with E-state index in [1.165, 1.54) is 4.90 Å². The molecule has 0 saturated heterocycles. The highest BCUT2D eigenvalue weighted by Gasteiger charge is 2.43. The van der Waals surface area contributed by atoms with E-state index >= 15 is 0 Å². The molecule has 1 N–H and O–H groups in total. The van der Waals surface area contributed by atoms with Crippen molar-refractivity contribution in [3.8, 4) is 0 Å². The van der Waals surface area contributed by atoms with Crippen LogP contribution in [-0.4, -0.2) is 29.9 Å². The van der Waals surface area contributed by atoms with Gasteiger partial charge in [0.2, 0.25) is 5.91 Å². The van der Waals surface area contributed by atoms with Crippen LogP contribution in [0.1, 0.15) is 33.1 Å². The van der Waals surface area contributed by atoms with Crippen molar-refractivity contribution in [2.45, 2.75) is 38.6 Å². The van der Waals surface area contributed by atoms with E-state index in [2.05, 4.69) is 5.32 Å². The molecule has 0 aromatic heterocycles. The van der Waals surface area contributed by atoms with Crippen LogP contribution in [0.15, 0.2) is 36.4 Å². The van der Waals surface area contributed by atoms with E-state index in [0.29, 0.717) is 17.8 Å². The molecule has 1 atom stereocenters. The number of esters is 1. The predicted molar refractivity (Wildman–Crippen MR) is 94.1 cm³/mol. The highest BCUT2D eigenvalue weighted by molar-refractivity contribution is 6.14. The second kappa shape index (κ2) is 6.70. The van der Waals surface area contributed by atoms with E-state index < -0.39 is 11.4 Å². The van der Waals surface area contributed by atoms with E-state index in [4.69, 9.17) is 4.74 Å². The van der Waals surface area contributed by atoms with Crippen LogP contribution in [-0.2, 0) is 19.1 Å². The highest BCUT2D eigenvalue weighted by atomic mass is 16.5. The van der Waals surface area contributed by atoms with Crippen LogP contribution in [0.4, 0.5) is 11.4 Å². The van der Waals surface area contributed by atoms with Gasteiger partial charge in [0.05, 0.1) is 17.3 Å². The van der Waals surface area contributed by atoms with Crippen LogP contribution >= 0.6 is 0 Å². The number of benzene rings is 1. The Morgan fingerprint density at radius 3 is 2.76 bits per heavy atom. The number of allylic oxidation sites excluding steroid dienone is 2. The van der Waals surface area contributed by atoms with E-state index in [0.717, 1.165) is 12.8 Å². The third-order valence-corrected chi connectivity index (χ3v) is 4.70. The molecule has 0 radical (unpaired) electrons. The van der Waals surface area contributed by atoms with Gasteiger partial charge in [0.1, 0.15) is 5.54 Å². The number of rotatable bonds is 3. The van der Waals surface area contributed by atoms with Crippen molar-refractivity contribution < 1.29 is 19.1 Å². The molecule has 1 aliphatic heterocycles. The number of amides is 2. The lowest BCUT2D eigenvalue weighted by molar-refractivity contribution is -0.152. The summed E-state index contributed by atoms with van der Waals surface area (Å²) < 4.78 is 5.24. The standard InChI is InChI=1S/C19H22N2O4/c1-19(2)18(24)20-14-10-6-7-11-15(14)21(19)16(22)12-25-17(23)13-8-4-3-5-9-13/h3-4,6-7,10-11,13H,5,8-9,12H2,1-2H3,(H,20,24)/t13-/m1/s1. The Morgan fingerprint density at radius 1 is 1.28 bits per heavy atom. The maximum Gasteiger partial charge on any atom is 0.309 e. The van der Waals surface area contributed by atoms with E-state index in [9.17, 15) is 14.4 Å². The molecule has 25 heavy (non-hydrogen) atoms. The first kappa shape index (κ1) is 17.2. The molecule has 0 unspecified atom stereocenters. The van der Waals surface area contributed by atoms with Crippen molar-refractivity contribution >= 4 is 29.2 Å². The molecule has 1 aliphatic carbocycles. The lowest BCUT2D eigenvalue weighted by atomic mass is 9.95. The summed E-state index contributed by atoms with van der Waals surface area (Å²) in [7, 11) is 0. The second-order valence-corrected chi connectivity index (χ2v) is 6.85. The summed E-state index contributed by atoms with van der Waals surface area (Å²) >= 11 is 0. The fourth-order valence-electron chi connectivity index (χ4n) is 3.22. The fourth-order valence-corrected chi connectivity index (χ4v) is 3.22. The average molecular weight is 342 g/mol. The zero-order chi connectivity index (χ0) is 18.0. The lowest BCUT2D eigenvalue weighted by Gasteiger charge is -2.41. The number of nitrogens with one attached hydrogen (secondary N) is 1. The lowest BCUT2D eigenvalue weighted by Crippen LogP contribution is -2.59. The Hall–Kier alpha value is -2.63. The van der Waals surface area contributed by atoms with E-state index in [-0.39, 0.29) is 24.4 Å². The smallest absolute Gasteiger partial charge is 0.309 e. The fraction of sp³-hybridized carbons (Fsp3) is 0.421. The molecule has 0 bridgehead atoms. The van der Waals surface area contributed by atoms with Crippen molar-refractivity contribution in [2.24, 2.45) is 5.92 Å². The largest absolute Gasteiger partial charge is 0.455 e. The van der Waals surface area contributed by atoms with Crippen molar-refractivity contribution in [1.29, 1.82) is 0 Å². The Morgan fingerprint density at radius 2 is 2.04 bits per heavy atom.